The minimum Gasteiger partial charge on any atom is -0.486 e. The van der Waals surface area contributed by atoms with Crippen molar-refractivity contribution in [2.45, 2.75) is 31.4 Å². The van der Waals surface area contributed by atoms with E-state index < -0.39 is 0 Å². The second-order valence-electron chi connectivity index (χ2n) is 5.33. The van der Waals surface area contributed by atoms with Gasteiger partial charge in [-0.25, -0.2) is 0 Å². The van der Waals surface area contributed by atoms with Crippen LogP contribution in [0.3, 0.4) is 0 Å². The predicted octanol–water partition coefficient (Wildman–Crippen LogP) is 1.18. The monoisotopic (exact) mass is 263 g/mol. The molecule has 2 aliphatic heterocycles. The Morgan fingerprint density at radius 3 is 3.11 bits per heavy atom. The summed E-state index contributed by atoms with van der Waals surface area (Å²) in [6, 6.07) is 2.32. The first kappa shape index (κ1) is 12.7. The van der Waals surface area contributed by atoms with E-state index in [2.05, 4.69) is 16.0 Å². The fourth-order valence-corrected chi connectivity index (χ4v) is 2.69. The average Bonchev–Trinajstić information content (AvgIpc) is 2.92. The molecule has 2 atom stereocenters. The van der Waals surface area contributed by atoms with Crippen molar-refractivity contribution in [2.75, 3.05) is 31.2 Å². The summed E-state index contributed by atoms with van der Waals surface area (Å²) in [6.45, 7) is 3.42. The number of hydrogen-bond donors (Lipinski definition) is 1. The number of hydrogen-bond acceptors (Lipinski definition) is 5. The lowest BCUT2D eigenvalue weighted by atomic mass is 10.1. The third-order valence-corrected chi connectivity index (χ3v) is 3.71. The van der Waals surface area contributed by atoms with Gasteiger partial charge in [0.1, 0.15) is 11.9 Å². The number of nitrogens with zero attached hydrogens (tertiary/aromatic N) is 2. The Hall–Kier alpha value is -1.33. The van der Waals surface area contributed by atoms with Crippen molar-refractivity contribution in [3.8, 4) is 5.75 Å². The molecule has 19 heavy (non-hydrogen) atoms. The van der Waals surface area contributed by atoms with Crippen molar-refractivity contribution in [3.63, 3.8) is 0 Å². The second kappa shape index (κ2) is 5.75. The lowest BCUT2D eigenvalue weighted by Gasteiger charge is -2.32. The number of anilines is 1. The van der Waals surface area contributed by atoms with Gasteiger partial charge < -0.3 is 20.1 Å². The van der Waals surface area contributed by atoms with Gasteiger partial charge >= 0.3 is 0 Å². The molecule has 0 bridgehead atoms. The van der Waals surface area contributed by atoms with Gasteiger partial charge in [0, 0.05) is 31.6 Å². The molecule has 2 saturated heterocycles. The van der Waals surface area contributed by atoms with Crippen LogP contribution in [0.5, 0.6) is 5.75 Å². The molecule has 1 aromatic rings. The zero-order chi connectivity index (χ0) is 13.1. The number of ether oxygens (including phenoxy) is 2. The van der Waals surface area contributed by atoms with Crippen molar-refractivity contribution in [1.29, 1.82) is 0 Å². The topological polar surface area (TPSA) is 60.6 Å². The zero-order valence-corrected chi connectivity index (χ0v) is 11.1. The zero-order valence-electron chi connectivity index (χ0n) is 11.1. The van der Waals surface area contributed by atoms with Crippen LogP contribution >= 0.6 is 0 Å². The van der Waals surface area contributed by atoms with Crippen LogP contribution in [-0.2, 0) is 4.74 Å². The van der Waals surface area contributed by atoms with Crippen molar-refractivity contribution in [2.24, 2.45) is 5.73 Å². The van der Waals surface area contributed by atoms with Crippen molar-refractivity contribution < 1.29 is 9.47 Å². The molecule has 0 aliphatic carbocycles. The largest absolute Gasteiger partial charge is 0.486 e. The first-order chi connectivity index (χ1) is 9.31. The van der Waals surface area contributed by atoms with Gasteiger partial charge in [-0.2, -0.15) is 0 Å². The van der Waals surface area contributed by atoms with Crippen LogP contribution in [0.25, 0.3) is 0 Å². The van der Waals surface area contributed by atoms with E-state index in [1.54, 1.807) is 6.20 Å². The van der Waals surface area contributed by atoms with Gasteiger partial charge in [0.25, 0.3) is 0 Å². The third-order valence-electron chi connectivity index (χ3n) is 3.71. The summed E-state index contributed by atoms with van der Waals surface area (Å²) in [5, 5.41) is 0. The third kappa shape index (κ3) is 3.16. The normalized spacial score (nSPS) is 27.5. The summed E-state index contributed by atoms with van der Waals surface area (Å²) in [5.74, 6) is 0.826. The molecular weight excluding hydrogens is 242 g/mol. The molecule has 104 valence electrons. The van der Waals surface area contributed by atoms with E-state index in [0.717, 1.165) is 50.4 Å². The number of rotatable bonds is 3. The summed E-state index contributed by atoms with van der Waals surface area (Å²) in [6.07, 6.45) is 7.03. The summed E-state index contributed by atoms with van der Waals surface area (Å²) in [4.78, 5) is 6.57. The first-order valence-electron chi connectivity index (χ1n) is 7.01. The molecule has 5 heteroatoms. The van der Waals surface area contributed by atoms with Crippen LogP contribution in [0, 0.1) is 0 Å². The van der Waals surface area contributed by atoms with E-state index in [1.165, 1.54) is 0 Å². The molecule has 5 nitrogen and oxygen atoms in total. The molecular formula is C14H21N3O2. The minimum absolute atomic E-state index is 0.167. The quantitative estimate of drug-likeness (QED) is 0.887. The number of aromatic nitrogens is 1. The van der Waals surface area contributed by atoms with Gasteiger partial charge in [-0.05, 0) is 12.8 Å². The molecule has 3 rings (SSSR count). The van der Waals surface area contributed by atoms with Gasteiger partial charge in [-0.15, -0.1) is 0 Å². The molecule has 0 spiro atoms. The highest BCUT2D eigenvalue weighted by Crippen LogP contribution is 2.24. The lowest BCUT2D eigenvalue weighted by Crippen LogP contribution is -2.42. The summed E-state index contributed by atoms with van der Waals surface area (Å²) in [5.41, 5.74) is 7.13. The van der Waals surface area contributed by atoms with Gasteiger partial charge in [-0.3, -0.25) is 4.98 Å². The van der Waals surface area contributed by atoms with Crippen LogP contribution < -0.4 is 15.4 Å². The smallest absolute Gasteiger partial charge is 0.140 e. The Bertz CT molecular complexity index is 421. The Morgan fingerprint density at radius 2 is 2.32 bits per heavy atom. The summed E-state index contributed by atoms with van der Waals surface area (Å²) >= 11 is 0. The van der Waals surface area contributed by atoms with E-state index in [0.29, 0.717) is 6.61 Å². The maximum absolute atomic E-state index is 6.02. The lowest BCUT2D eigenvalue weighted by molar-refractivity contribution is 0.141. The SMILES string of the molecule is NC1CCCN(c2cncc(OC3CCOC3)c2)C1. The molecule has 3 heterocycles. The molecule has 0 saturated carbocycles. The number of nitrogens with two attached hydrogens (primary N) is 1. The fraction of sp³-hybridized carbons (Fsp3) is 0.643. The molecule has 2 aliphatic rings. The van der Waals surface area contributed by atoms with Crippen LogP contribution in [0.15, 0.2) is 18.5 Å². The maximum Gasteiger partial charge on any atom is 0.140 e. The van der Waals surface area contributed by atoms with Gasteiger partial charge in [0.15, 0.2) is 0 Å². The Morgan fingerprint density at radius 1 is 1.37 bits per heavy atom. The first-order valence-corrected chi connectivity index (χ1v) is 7.01. The highest BCUT2D eigenvalue weighted by Gasteiger charge is 2.20. The van der Waals surface area contributed by atoms with Crippen molar-refractivity contribution in [3.05, 3.63) is 18.5 Å². The Kier molecular flexibility index (Phi) is 3.84. The molecule has 0 radical (unpaired) electrons. The highest BCUT2D eigenvalue weighted by molar-refractivity contribution is 5.48. The van der Waals surface area contributed by atoms with E-state index in [4.69, 9.17) is 15.2 Å². The number of pyridine rings is 1. The summed E-state index contributed by atoms with van der Waals surface area (Å²) < 4.78 is 11.2. The Labute approximate surface area is 113 Å². The maximum atomic E-state index is 6.02. The van der Waals surface area contributed by atoms with Crippen LogP contribution in [0.2, 0.25) is 0 Å². The van der Waals surface area contributed by atoms with Crippen LogP contribution in [0.4, 0.5) is 5.69 Å². The predicted molar refractivity (Wildman–Crippen MR) is 73.5 cm³/mol. The fourth-order valence-electron chi connectivity index (χ4n) is 2.69. The van der Waals surface area contributed by atoms with Gasteiger partial charge in [0.05, 0.1) is 31.3 Å². The summed E-state index contributed by atoms with van der Waals surface area (Å²) in [7, 11) is 0. The van der Waals surface area contributed by atoms with Gasteiger partial charge in [-0.1, -0.05) is 0 Å². The minimum atomic E-state index is 0.167. The standard InChI is InChI=1S/C14H21N3O2/c15-11-2-1-4-17(9-11)12-6-14(8-16-7-12)19-13-3-5-18-10-13/h6-8,11,13H,1-5,9-10,15H2. The van der Waals surface area contributed by atoms with Crippen LogP contribution in [0.1, 0.15) is 19.3 Å². The molecule has 1 aromatic heterocycles. The van der Waals surface area contributed by atoms with Crippen molar-refractivity contribution >= 4 is 5.69 Å². The van der Waals surface area contributed by atoms with Crippen molar-refractivity contribution in [1.82, 2.24) is 4.98 Å². The second-order valence-corrected chi connectivity index (χ2v) is 5.33. The Balaban J connectivity index is 1.68. The van der Waals surface area contributed by atoms with E-state index in [-0.39, 0.29) is 12.1 Å². The van der Waals surface area contributed by atoms with E-state index in [1.807, 2.05) is 6.20 Å². The van der Waals surface area contributed by atoms with Crippen LogP contribution in [-0.4, -0.2) is 43.4 Å². The number of piperidine rings is 1. The molecule has 2 unspecified atom stereocenters. The van der Waals surface area contributed by atoms with E-state index >= 15 is 0 Å². The molecule has 2 fully saturated rings. The van der Waals surface area contributed by atoms with E-state index in [9.17, 15) is 0 Å². The highest BCUT2D eigenvalue weighted by atomic mass is 16.5. The van der Waals surface area contributed by atoms with Gasteiger partial charge in [0.2, 0.25) is 0 Å². The molecule has 0 aromatic carbocycles. The molecule has 0 amide bonds. The molecule has 2 N–H and O–H groups in total. The average molecular weight is 263 g/mol.